The van der Waals surface area contributed by atoms with Gasteiger partial charge in [0.05, 0.1) is 6.04 Å². The minimum absolute atomic E-state index is 0.155. The van der Waals surface area contributed by atoms with E-state index in [2.05, 4.69) is 16.4 Å². The Kier molecular flexibility index (Phi) is 3.31. The molecule has 0 saturated carbocycles. The molecule has 4 heteroatoms. The summed E-state index contributed by atoms with van der Waals surface area (Å²) >= 11 is 0. The summed E-state index contributed by atoms with van der Waals surface area (Å²) in [6, 6.07) is 2.34. The number of hydrogen-bond acceptors (Lipinski definition) is 3. The Hall–Kier alpha value is -1.58. The van der Waals surface area contributed by atoms with Gasteiger partial charge in [-0.25, -0.2) is 4.98 Å². The van der Waals surface area contributed by atoms with Crippen LogP contribution in [0.2, 0.25) is 0 Å². The summed E-state index contributed by atoms with van der Waals surface area (Å²) in [6.45, 7) is 4.54. The number of aromatic nitrogens is 1. The van der Waals surface area contributed by atoms with Gasteiger partial charge in [-0.1, -0.05) is 0 Å². The molecule has 1 N–H and O–H groups in total. The fraction of sp³-hybridized carbons (Fsp3) is 0.538. The molecule has 4 nitrogen and oxygen atoms in total. The van der Waals surface area contributed by atoms with Crippen molar-refractivity contribution in [1.29, 1.82) is 0 Å². The number of amides is 1. The lowest BCUT2D eigenvalue weighted by Gasteiger charge is -2.24. The number of carbonyl (C=O) groups is 1. The topological polar surface area (TPSA) is 45.2 Å². The zero-order valence-corrected chi connectivity index (χ0v) is 10.7. The summed E-state index contributed by atoms with van der Waals surface area (Å²) in [6.07, 6.45) is 4.00. The fourth-order valence-electron chi connectivity index (χ4n) is 2.53. The van der Waals surface area contributed by atoms with Crippen LogP contribution >= 0.6 is 0 Å². The maximum atomic E-state index is 11.5. The minimum atomic E-state index is 0.155. The molecule has 0 aromatic carbocycles. The number of likely N-dealkylation sites (tertiary alicyclic amines) is 1. The highest BCUT2D eigenvalue weighted by Gasteiger charge is 2.28. The maximum absolute atomic E-state index is 11.5. The third kappa shape index (κ3) is 2.25. The van der Waals surface area contributed by atoms with Crippen molar-refractivity contribution >= 4 is 11.7 Å². The molecule has 1 aliphatic heterocycles. The highest BCUT2D eigenvalue weighted by Crippen LogP contribution is 2.32. The molecule has 1 fully saturated rings. The predicted octanol–water partition coefficient (Wildman–Crippen LogP) is 2.12. The molecule has 0 bridgehead atoms. The fourth-order valence-corrected chi connectivity index (χ4v) is 2.53. The van der Waals surface area contributed by atoms with Crippen LogP contribution in [0.25, 0.3) is 0 Å². The van der Waals surface area contributed by atoms with E-state index in [1.807, 2.05) is 25.1 Å². The molecule has 2 rings (SSSR count). The van der Waals surface area contributed by atoms with Crippen LogP contribution in [0, 0.1) is 6.92 Å². The minimum Gasteiger partial charge on any atom is -0.373 e. The van der Waals surface area contributed by atoms with Gasteiger partial charge in [-0.05, 0) is 37.0 Å². The number of anilines is 1. The van der Waals surface area contributed by atoms with Crippen molar-refractivity contribution < 1.29 is 4.79 Å². The van der Waals surface area contributed by atoms with Gasteiger partial charge in [0.25, 0.3) is 0 Å². The highest BCUT2D eigenvalue weighted by atomic mass is 16.2. The van der Waals surface area contributed by atoms with Gasteiger partial charge >= 0.3 is 0 Å². The number of hydrogen-bond donors (Lipinski definition) is 1. The second kappa shape index (κ2) is 4.73. The SMILES string of the molecule is CNc1ncc([C@@H]2CCCN2C(C)=O)cc1C. The van der Waals surface area contributed by atoms with E-state index in [1.165, 1.54) is 0 Å². The van der Waals surface area contributed by atoms with Crippen molar-refractivity contribution in [2.45, 2.75) is 32.7 Å². The van der Waals surface area contributed by atoms with Gasteiger partial charge in [0.1, 0.15) is 5.82 Å². The van der Waals surface area contributed by atoms with E-state index < -0.39 is 0 Å². The van der Waals surface area contributed by atoms with E-state index in [0.717, 1.165) is 36.3 Å². The average molecular weight is 233 g/mol. The molecular weight excluding hydrogens is 214 g/mol. The van der Waals surface area contributed by atoms with Gasteiger partial charge in [-0.2, -0.15) is 0 Å². The second-order valence-electron chi connectivity index (χ2n) is 4.55. The molecule has 92 valence electrons. The van der Waals surface area contributed by atoms with Crippen LogP contribution in [0.3, 0.4) is 0 Å². The molecule has 17 heavy (non-hydrogen) atoms. The van der Waals surface area contributed by atoms with Gasteiger partial charge in [0.15, 0.2) is 0 Å². The molecule has 0 aliphatic carbocycles. The predicted molar refractivity (Wildman–Crippen MR) is 67.9 cm³/mol. The van der Waals surface area contributed by atoms with Crippen molar-refractivity contribution in [2.24, 2.45) is 0 Å². The smallest absolute Gasteiger partial charge is 0.219 e. The third-order valence-corrected chi connectivity index (χ3v) is 3.38. The molecule has 1 saturated heterocycles. The maximum Gasteiger partial charge on any atom is 0.219 e. The number of nitrogens with one attached hydrogen (secondary N) is 1. The van der Waals surface area contributed by atoms with E-state index in [-0.39, 0.29) is 11.9 Å². The molecule has 1 aromatic heterocycles. The Balaban J connectivity index is 2.27. The zero-order chi connectivity index (χ0) is 12.4. The first-order chi connectivity index (χ1) is 8.13. The molecule has 1 aromatic rings. The monoisotopic (exact) mass is 233 g/mol. The molecule has 0 radical (unpaired) electrons. The van der Waals surface area contributed by atoms with Crippen LogP contribution in [-0.4, -0.2) is 29.4 Å². The third-order valence-electron chi connectivity index (χ3n) is 3.38. The molecule has 1 amide bonds. The van der Waals surface area contributed by atoms with Crippen LogP contribution in [0.4, 0.5) is 5.82 Å². The van der Waals surface area contributed by atoms with E-state index in [9.17, 15) is 4.79 Å². The largest absolute Gasteiger partial charge is 0.373 e. The van der Waals surface area contributed by atoms with Crippen molar-refractivity contribution in [3.8, 4) is 0 Å². The van der Waals surface area contributed by atoms with Crippen LogP contribution in [0.15, 0.2) is 12.3 Å². The molecule has 2 heterocycles. The van der Waals surface area contributed by atoms with Crippen LogP contribution in [-0.2, 0) is 4.79 Å². The lowest BCUT2D eigenvalue weighted by atomic mass is 10.0. The summed E-state index contributed by atoms with van der Waals surface area (Å²) < 4.78 is 0. The summed E-state index contributed by atoms with van der Waals surface area (Å²) in [5, 5.41) is 3.06. The molecular formula is C13H19N3O. The average Bonchev–Trinajstić information content (AvgIpc) is 2.77. The van der Waals surface area contributed by atoms with Gasteiger partial charge in [-0.3, -0.25) is 4.79 Å². The van der Waals surface area contributed by atoms with Gasteiger partial charge in [0.2, 0.25) is 5.91 Å². The number of rotatable bonds is 2. The Morgan fingerprint density at radius 3 is 2.94 bits per heavy atom. The Bertz CT molecular complexity index is 431. The number of aryl methyl sites for hydroxylation is 1. The molecule has 0 unspecified atom stereocenters. The normalized spacial score (nSPS) is 19.5. The molecule has 0 spiro atoms. The highest BCUT2D eigenvalue weighted by molar-refractivity contribution is 5.74. The van der Waals surface area contributed by atoms with E-state index in [0.29, 0.717) is 0 Å². The van der Waals surface area contributed by atoms with Crippen LogP contribution in [0.5, 0.6) is 0 Å². The van der Waals surface area contributed by atoms with E-state index in [1.54, 1.807) is 6.92 Å². The first kappa shape index (κ1) is 11.9. The standard InChI is InChI=1S/C13H19N3O/c1-9-7-11(8-15-13(9)14-3)12-5-4-6-16(12)10(2)17/h7-8,12H,4-6H2,1-3H3,(H,14,15)/t12-/m0/s1. The number of pyridine rings is 1. The summed E-state index contributed by atoms with van der Waals surface area (Å²) in [4.78, 5) is 17.9. The first-order valence-corrected chi connectivity index (χ1v) is 6.05. The lowest BCUT2D eigenvalue weighted by molar-refractivity contribution is -0.129. The number of carbonyl (C=O) groups excluding carboxylic acids is 1. The van der Waals surface area contributed by atoms with Gasteiger partial charge in [0, 0.05) is 26.7 Å². The second-order valence-corrected chi connectivity index (χ2v) is 4.55. The lowest BCUT2D eigenvalue weighted by Crippen LogP contribution is -2.28. The van der Waals surface area contributed by atoms with Crippen molar-refractivity contribution in [2.75, 3.05) is 18.9 Å². The Morgan fingerprint density at radius 2 is 2.35 bits per heavy atom. The van der Waals surface area contributed by atoms with Crippen molar-refractivity contribution in [1.82, 2.24) is 9.88 Å². The van der Waals surface area contributed by atoms with Gasteiger partial charge in [-0.15, -0.1) is 0 Å². The van der Waals surface area contributed by atoms with E-state index >= 15 is 0 Å². The zero-order valence-electron chi connectivity index (χ0n) is 10.7. The first-order valence-electron chi connectivity index (χ1n) is 6.05. The summed E-state index contributed by atoms with van der Waals surface area (Å²) in [5.41, 5.74) is 2.27. The van der Waals surface area contributed by atoms with E-state index in [4.69, 9.17) is 0 Å². The quantitative estimate of drug-likeness (QED) is 0.851. The Labute approximate surface area is 102 Å². The van der Waals surface area contributed by atoms with Gasteiger partial charge < -0.3 is 10.2 Å². The van der Waals surface area contributed by atoms with Crippen LogP contribution < -0.4 is 5.32 Å². The Morgan fingerprint density at radius 1 is 1.59 bits per heavy atom. The summed E-state index contributed by atoms with van der Waals surface area (Å²) in [7, 11) is 1.87. The van der Waals surface area contributed by atoms with Crippen LogP contribution in [0.1, 0.15) is 36.9 Å². The summed E-state index contributed by atoms with van der Waals surface area (Å²) in [5.74, 6) is 1.06. The molecule has 1 atom stereocenters. The molecule has 1 aliphatic rings. The van der Waals surface area contributed by atoms with Crippen molar-refractivity contribution in [3.63, 3.8) is 0 Å². The number of nitrogens with zero attached hydrogens (tertiary/aromatic N) is 2. The van der Waals surface area contributed by atoms with Crippen molar-refractivity contribution in [3.05, 3.63) is 23.4 Å².